The van der Waals surface area contributed by atoms with Gasteiger partial charge in [-0.25, -0.2) is 14.4 Å². The van der Waals surface area contributed by atoms with Crippen LogP contribution >= 0.6 is 0 Å². The molecule has 20 nitrogen and oxygen atoms in total. The predicted molar refractivity (Wildman–Crippen MR) is 209 cm³/mol. The Morgan fingerprint density at radius 2 is 1.55 bits per heavy atom. The van der Waals surface area contributed by atoms with Crippen molar-refractivity contribution in [2.24, 2.45) is 17.4 Å². The lowest BCUT2D eigenvalue weighted by Crippen LogP contribution is -2.71. The highest BCUT2D eigenvalue weighted by Crippen LogP contribution is 2.38. The molecule has 13 atom stereocenters. The summed E-state index contributed by atoms with van der Waals surface area (Å²) in [5.74, 6) is -0.613. The van der Waals surface area contributed by atoms with Crippen molar-refractivity contribution in [1.29, 1.82) is 0 Å². The number of alkyl carbamates (subject to hydrolysis) is 2. The van der Waals surface area contributed by atoms with Crippen molar-refractivity contribution in [3.63, 3.8) is 0 Å². The molecule has 2 fully saturated rings. The molecule has 0 spiro atoms. The number of hydrogen-bond donors (Lipinski definition) is 10. The number of ether oxygens (including phenoxy) is 6. The Morgan fingerprint density at radius 3 is 2.12 bits per heavy atom. The molecule has 1 saturated carbocycles. The smallest absolute Gasteiger partial charge is 0.410 e. The number of nitrogens with zero attached hydrogens (tertiary/aromatic N) is 1. The molecule has 336 valence electrons. The topological polar surface area (TPSA) is 299 Å². The van der Waals surface area contributed by atoms with E-state index in [0.717, 1.165) is 4.90 Å². The SMILES string of the molecule is CN(C(=O)OC(C)(C)C)[C@@H]1[C@@H](O)[C@@H](O[C@H]2[C@H](NC(O)[C@@H](O)CCNC(=O)OC(C)(C)C)C[C@H](NC(=O)OC(C)(C)C)C([C@H]3OC(CN)=CC[C@H]3N)[C@@H]2O)OC[C@]1(C)O. The largest absolute Gasteiger partial charge is 0.492 e. The van der Waals surface area contributed by atoms with Gasteiger partial charge in [-0.05, 0) is 94.6 Å². The zero-order chi connectivity index (χ0) is 44.1. The van der Waals surface area contributed by atoms with Gasteiger partial charge in [0.05, 0.1) is 31.4 Å². The number of rotatable bonds is 12. The monoisotopic (exact) mass is 834 g/mol. The molecule has 58 heavy (non-hydrogen) atoms. The second-order valence-corrected chi connectivity index (χ2v) is 18.6. The molecule has 0 aromatic carbocycles. The van der Waals surface area contributed by atoms with E-state index in [1.165, 1.54) is 14.0 Å². The first kappa shape index (κ1) is 49.3. The van der Waals surface area contributed by atoms with Gasteiger partial charge in [-0.3, -0.25) is 5.32 Å². The van der Waals surface area contributed by atoms with E-state index >= 15 is 0 Å². The van der Waals surface area contributed by atoms with E-state index in [-0.39, 0.29) is 25.9 Å². The third kappa shape index (κ3) is 14.0. The Labute approximate surface area is 341 Å². The van der Waals surface area contributed by atoms with E-state index in [1.807, 2.05) is 0 Å². The standard InChI is InChI=1S/C38H70N6O14/c1-35(2,3)56-32(49)41-15-14-23(45)30(48)42-22-16-21(43-33(50)57-36(4,5)6)24(27-20(40)13-12-19(17-39)54-27)25(46)28(22)55-31-26(47)29(38(10,52)18-53-31)44(11)34(51)58-37(7,8)9/h12,20-31,42,45-48,52H,13-18,39-40H2,1-11H3,(H,41,49)(H,43,50)/t20-,21+,22-,23+,24?,25+,26-,27+,28+,29-,30?,31-,38+/m1/s1. The maximum Gasteiger partial charge on any atom is 0.410 e. The highest BCUT2D eigenvalue weighted by atomic mass is 16.7. The molecular weight excluding hydrogens is 764 g/mol. The van der Waals surface area contributed by atoms with Crippen LogP contribution in [-0.4, -0.2) is 165 Å². The van der Waals surface area contributed by atoms with Gasteiger partial charge >= 0.3 is 18.3 Å². The van der Waals surface area contributed by atoms with Gasteiger partial charge in [0.25, 0.3) is 0 Å². The van der Waals surface area contributed by atoms with Crippen LogP contribution in [-0.2, 0) is 28.4 Å². The molecule has 3 rings (SSSR count). The molecule has 2 aliphatic heterocycles. The van der Waals surface area contributed by atoms with E-state index in [2.05, 4.69) is 16.0 Å². The Kier molecular flexibility index (Phi) is 16.6. The van der Waals surface area contributed by atoms with E-state index in [4.69, 9.17) is 39.9 Å². The number of aliphatic hydroxyl groups is 5. The second-order valence-electron chi connectivity index (χ2n) is 18.6. The minimum atomic E-state index is -1.79. The van der Waals surface area contributed by atoms with E-state index in [9.17, 15) is 39.9 Å². The molecule has 20 heteroatoms. The first-order valence-electron chi connectivity index (χ1n) is 19.7. The summed E-state index contributed by atoms with van der Waals surface area (Å²) in [6.07, 6.45) is -11.0. The van der Waals surface area contributed by atoms with Crippen molar-refractivity contribution in [3.05, 3.63) is 11.8 Å². The van der Waals surface area contributed by atoms with Gasteiger partial charge in [0.15, 0.2) is 6.29 Å². The van der Waals surface area contributed by atoms with Crippen molar-refractivity contribution >= 4 is 18.3 Å². The fourth-order valence-corrected chi connectivity index (χ4v) is 7.29. The van der Waals surface area contributed by atoms with Gasteiger partial charge in [-0.2, -0.15) is 0 Å². The van der Waals surface area contributed by atoms with Crippen LogP contribution in [0.25, 0.3) is 0 Å². The Bertz CT molecular complexity index is 1410. The number of nitrogens with two attached hydrogens (primary N) is 2. The van der Waals surface area contributed by atoms with Crippen molar-refractivity contribution in [2.75, 3.05) is 26.7 Å². The van der Waals surface area contributed by atoms with Crippen LogP contribution in [0.2, 0.25) is 0 Å². The van der Waals surface area contributed by atoms with Crippen LogP contribution in [0.1, 0.15) is 88.5 Å². The number of nitrogens with one attached hydrogen (secondary N) is 3. The van der Waals surface area contributed by atoms with Gasteiger partial charge < -0.3 is 81.0 Å². The molecule has 2 heterocycles. The maximum absolute atomic E-state index is 13.3. The first-order chi connectivity index (χ1) is 26.5. The normalized spacial score (nSPS) is 33.1. The minimum absolute atomic E-state index is 0.0295. The average molecular weight is 835 g/mol. The van der Waals surface area contributed by atoms with Crippen LogP contribution in [0.15, 0.2) is 11.8 Å². The lowest BCUT2D eigenvalue weighted by molar-refractivity contribution is -0.306. The van der Waals surface area contributed by atoms with Gasteiger partial charge in [0, 0.05) is 37.6 Å². The molecule has 0 radical (unpaired) electrons. The van der Waals surface area contributed by atoms with Crippen LogP contribution in [0.4, 0.5) is 14.4 Å². The Balaban J connectivity index is 2.00. The molecule has 0 bridgehead atoms. The highest BCUT2D eigenvalue weighted by Gasteiger charge is 2.56. The summed E-state index contributed by atoms with van der Waals surface area (Å²) in [7, 11) is 1.35. The first-order valence-corrected chi connectivity index (χ1v) is 19.7. The summed E-state index contributed by atoms with van der Waals surface area (Å²) in [5.41, 5.74) is 8.15. The summed E-state index contributed by atoms with van der Waals surface area (Å²) < 4.78 is 34.7. The summed E-state index contributed by atoms with van der Waals surface area (Å²) in [6.45, 7) is 16.0. The number of likely N-dealkylation sites (N-methyl/N-ethyl adjacent to an activating group) is 1. The molecule has 1 aliphatic carbocycles. The van der Waals surface area contributed by atoms with E-state index in [0.29, 0.717) is 12.2 Å². The molecular formula is C38H70N6O14. The van der Waals surface area contributed by atoms with Crippen molar-refractivity contribution in [1.82, 2.24) is 20.9 Å². The van der Waals surface area contributed by atoms with Gasteiger partial charge in [0.1, 0.15) is 52.7 Å². The quantitative estimate of drug-likeness (QED) is 0.0904. The average Bonchev–Trinajstić information content (AvgIpc) is 3.05. The lowest BCUT2D eigenvalue weighted by atomic mass is 9.72. The summed E-state index contributed by atoms with van der Waals surface area (Å²) in [6, 6.07) is -4.09. The van der Waals surface area contributed by atoms with E-state index < -0.39 is 120 Å². The maximum atomic E-state index is 13.3. The minimum Gasteiger partial charge on any atom is -0.492 e. The molecule has 0 aromatic rings. The molecule has 12 N–H and O–H groups in total. The Hall–Kier alpha value is -3.05. The number of carbonyl (C=O) groups excluding carboxylic acids is 3. The third-order valence-corrected chi connectivity index (χ3v) is 9.74. The predicted octanol–water partition coefficient (Wildman–Crippen LogP) is -0.139. The molecule has 1 saturated heterocycles. The third-order valence-electron chi connectivity index (χ3n) is 9.74. The van der Waals surface area contributed by atoms with Crippen molar-refractivity contribution < 1.29 is 68.3 Å². The second kappa shape index (κ2) is 19.6. The summed E-state index contributed by atoms with van der Waals surface area (Å²) >= 11 is 0. The van der Waals surface area contributed by atoms with Gasteiger partial charge in [0.2, 0.25) is 0 Å². The van der Waals surface area contributed by atoms with Crippen LogP contribution < -0.4 is 27.4 Å². The van der Waals surface area contributed by atoms with Gasteiger partial charge in [-0.15, -0.1) is 0 Å². The number of amides is 3. The van der Waals surface area contributed by atoms with Crippen molar-refractivity contribution in [3.8, 4) is 0 Å². The van der Waals surface area contributed by atoms with Gasteiger partial charge in [-0.1, -0.05) is 0 Å². The summed E-state index contributed by atoms with van der Waals surface area (Å²) in [4.78, 5) is 39.6. The van der Waals surface area contributed by atoms with Crippen LogP contribution in [0, 0.1) is 5.92 Å². The number of aliphatic hydroxyl groups excluding tert-OH is 4. The fraction of sp³-hybridized carbons (Fsp3) is 0.868. The number of hydrogen-bond acceptors (Lipinski definition) is 17. The lowest BCUT2D eigenvalue weighted by Gasteiger charge is -2.52. The number of carbonyl (C=O) groups is 3. The molecule has 0 aromatic heterocycles. The molecule has 2 unspecified atom stereocenters. The Morgan fingerprint density at radius 1 is 0.966 bits per heavy atom. The molecule has 3 amide bonds. The zero-order valence-corrected chi connectivity index (χ0v) is 35.8. The van der Waals surface area contributed by atoms with Crippen LogP contribution in [0.3, 0.4) is 0 Å². The summed E-state index contributed by atoms with van der Waals surface area (Å²) in [5, 5.41) is 65.9. The zero-order valence-electron chi connectivity index (χ0n) is 35.8. The van der Waals surface area contributed by atoms with E-state index in [1.54, 1.807) is 68.4 Å². The fourth-order valence-electron chi connectivity index (χ4n) is 7.29. The molecule has 3 aliphatic rings. The van der Waals surface area contributed by atoms with Crippen LogP contribution in [0.5, 0.6) is 0 Å². The highest BCUT2D eigenvalue weighted by molar-refractivity contribution is 5.69. The van der Waals surface area contributed by atoms with Crippen molar-refractivity contribution in [2.45, 2.75) is 178 Å².